The molecule has 1 aromatic rings. The van der Waals surface area contributed by atoms with Crippen molar-refractivity contribution in [1.29, 1.82) is 0 Å². The average Bonchev–Trinajstić information content (AvgIpc) is 2.15. The molecule has 0 radical (unpaired) electrons. The van der Waals surface area contributed by atoms with Crippen molar-refractivity contribution in [3.8, 4) is 0 Å². The van der Waals surface area contributed by atoms with Gasteiger partial charge in [0.2, 0.25) is 0 Å². The van der Waals surface area contributed by atoms with Crippen LogP contribution >= 0.6 is 0 Å². The van der Waals surface area contributed by atoms with Gasteiger partial charge in [0.25, 0.3) is 0 Å². The first kappa shape index (κ1) is 13.5. The molecule has 0 bridgehead atoms. The number of benzene rings is 1. The summed E-state index contributed by atoms with van der Waals surface area (Å²) in [5.74, 6) is 0. The molecule has 0 unspecified atom stereocenters. The SMILES string of the molecule is CNCc1cccc(NC(=O)NC(C)(C)C)c1. The Morgan fingerprint density at radius 1 is 1.29 bits per heavy atom. The smallest absolute Gasteiger partial charge is 0.319 e. The fourth-order valence-corrected chi connectivity index (χ4v) is 1.47. The second kappa shape index (κ2) is 5.68. The topological polar surface area (TPSA) is 53.2 Å². The zero-order chi connectivity index (χ0) is 12.9. The number of anilines is 1. The zero-order valence-electron chi connectivity index (χ0n) is 10.9. The minimum atomic E-state index is -0.229. The Labute approximate surface area is 103 Å². The van der Waals surface area contributed by atoms with E-state index in [9.17, 15) is 4.79 Å². The highest BCUT2D eigenvalue weighted by Crippen LogP contribution is 2.10. The first-order chi connectivity index (χ1) is 7.90. The van der Waals surface area contributed by atoms with Crippen LogP contribution in [0.3, 0.4) is 0 Å². The summed E-state index contributed by atoms with van der Waals surface area (Å²) in [6.45, 7) is 6.63. The Morgan fingerprint density at radius 3 is 2.59 bits per heavy atom. The predicted molar refractivity (Wildman–Crippen MR) is 71.1 cm³/mol. The molecule has 0 heterocycles. The van der Waals surface area contributed by atoms with Crippen molar-refractivity contribution >= 4 is 11.7 Å². The van der Waals surface area contributed by atoms with Crippen LogP contribution in [0.5, 0.6) is 0 Å². The molecule has 0 spiro atoms. The number of urea groups is 1. The van der Waals surface area contributed by atoms with E-state index in [-0.39, 0.29) is 11.6 Å². The Kier molecular flexibility index (Phi) is 4.52. The normalized spacial score (nSPS) is 11.1. The quantitative estimate of drug-likeness (QED) is 0.753. The third kappa shape index (κ3) is 5.36. The first-order valence-corrected chi connectivity index (χ1v) is 5.73. The van der Waals surface area contributed by atoms with Gasteiger partial charge in [0, 0.05) is 17.8 Å². The van der Waals surface area contributed by atoms with Gasteiger partial charge in [0.05, 0.1) is 0 Å². The fourth-order valence-electron chi connectivity index (χ4n) is 1.47. The maximum atomic E-state index is 11.7. The molecule has 0 saturated carbocycles. The van der Waals surface area contributed by atoms with Gasteiger partial charge in [-0.1, -0.05) is 12.1 Å². The van der Waals surface area contributed by atoms with E-state index < -0.39 is 0 Å². The van der Waals surface area contributed by atoms with Crippen LogP contribution in [0.4, 0.5) is 10.5 Å². The number of rotatable bonds is 3. The molecule has 0 aliphatic heterocycles. The van der Waals surface area contributed by atoms with Crippen LogP contribution < -0.4 is 16.0 Å². The summed E-state index contributed by atoms with van der Waals surface area (Å²) < 4.78 is 0. The molecule has 0 aliphatic rings. The van der Waals surface area contributed by atoms with Crippen LogP contribution in [0.1, 0.15) is 26.3 Å². The van der Waals surface area contributed by atoms with Crippen LogP contribution in [0.25, 0.3) is 0 Å². The molecule has 1 aromatic carbocycles. The summed E-state index contributed by atoms with van der Waals surface area (Å²) in [5.41, 5.74) is 1.72. The second-order valence-corrected chi connectivity index (χ2v) is 5.06. The average molecular weight is 235 g/mol. The molecule has 0 atom stereocenters. The van der Waals surface area contributed by atoms with Gasteiger partial charge in [-0.25, -0.2) is 4.79 Å². The van der Waals surface area contributed by atoms with E-state index in [4.69, 9.17) is 0 Å². The van der Waals surface area contributed by atoms with Gasteiger partial charge in [-0.2, -0.15) is 0 Å². The van der Waals surface area contributed by atoms with Gasteiger partial charge in [0.1, 0.15) is 0 Å². The molecule has 94 valence electrons. The first-order valence-electron chi connectivity index (χ1n) is 5.73. The standard InChI is InChI=1S/C13H21N3O/c1-13(2,3)16-12(17)15-11-7-5-6-10(8-11)9-14-4/h5-8,14H,9H2,1-4H3,(H2,15,16,17). The minimum Gasteiger partial charge on any atom is -0.333 e. The molecule has 0 saturated heterocycles. The highest BCUT2D eigenvalue weighted by atomic mass is 16.2. The van der Waals surface area contributed by atoms with E-state index in [0.717, 1.165) is 17.8 Å². The lowest BCUT2D eigenvalue weighted by Gasteiger charge is -2.20. The van der Waals surface area contributed by atoms with Gasteiger partial charge < -0.3 is 16.0 Å². The number of carbonyl (C=O) groups is 1. The van der Waals surface area contributed by atoms with E-state index in [1.165, 1.54) is 0 Å². The van der Waals surface area contributed by atoms with Crippen molar-refractivity contribution in [3.05, 3.63) is 29.8 Å². The fraction of sp³-hybridized carbons (Fsp3) is 0.462. The molecule has 0 aliphatic carbocycles. The lowest BCUT2D eigenvalue weighted by Crippen LogP contribution is -2.43. The molecule has 4 heteroatoms. The summed E-state index contributed by atoms with van der Waals surface area (Å²) in [4.78, 5) is 11.7. The number of amides is 2. The van der Waals surface area contributed by atoms with Crippen molar-refractivity contribution < 1.29 is 4.79 Å². The maximum absolute atomic E-state index is 11.7. The minimum absolute atomic E-state index is 0.181. The third-order valence-electron chi connectivity index (χ3n) is 2.05. The monoisotopic (exact) mass is 235 g/mol. The summed E-state index contributed by atoms with van der Waals surface area (Å²) >= 11 is 0. The van der Waals surface area contributed by atoms with Crippen LogP contribution in [-0.2, 0) is 6.54 Å². The highest BCUT2D eigenvalue weighted by Gasteiger charge is 2.13. The van der Waals surface area contributed by atoms with Gasteiger partial charge in [-0.3, -0.25) is 0 Å². The molecule has 0 fully saturated rings. The Balaban J connectivity index is 2.62. The Bertz CT molecular complexity index is 382. The molecular formula is C13H21N3O. The summed E-state index contributed by atoms with van der Waals surface area (Å²) in [6, 6.07) is 7.60. The van der Waals surface area contributed by atoms with Crippen LogP contribution in [-0.4, -0.2) is 18.6 Å². The van der Waals surface area contributed by atoms with Crippen molar-refractivity contribution in [2.24, 2.45) is 0 Å². The van der Waals surface area contributed by atoms with E-state index in [1.54, 1.807) is 0 Å². The summed E-state index contributed by atoms with van der Waals surface area (Å²) in [7, 11) is 1.90. The Morgan fingerprint density at radius 2 is 2.00 bits per heavy atom. The Hall–Kier alpha value is -1.55. The maximum Gasteiger partial charge on any atom is 0.319 e. The molecule has 3 N–H and O–H groups in total. The van der Waals surface area contributed by atoms with Gasteiger partial charge in [-0.15, -0.1) is 0 Å². The largest absolute Gasteiger partial charge is 0.333 e. The lowest BCUT2D eigenvalue weighted by atomic mass is 10.1. The van der Waals surface area contributed by atoms with Crippen LogP contribution in [0, 0.1) is 0 Å². The van der Waals surface area contributed by atoms with E-state index >= 15 is 0 Å². The summed E-state index contributed by atoms with van der Waals surface area (Å²) in [5, 5.41) is 8.75. The lowest BCUT2D eigenvalue weighted by molar-refractivity contribution is 0.244. The van der Waals surface area contributed by atoms with Crippen molar-refractivity contribution in [2.45, 2.75) is 32.9 Å². The van der Waals surface area contributed by atoms with Crippen molar-refractivity contribution in [1.82, 2.24) is 10.6 Å². The van der Waals surface area contributed by atoms with Gasteiger partial charge in [-0.05, 0) is 45.5 Å². The van der Waals surface area contributed by atoms with Crippen molar-refractivity contribution in [3.63, 3.8) is 0 Å². The molecule has 4 nitrogen and oxygen atoms in total. The summed E-state index contributed by atoms with van der Waals surface area (Å²) in [6.07, 6.45) is 0. The van der Waals surface area contributed by atoms with Gasteiger partial charge >= 0.3 is 6.03 Å². The van der Waals surface area contributed by atoms with Gasteiger partial charge in [0.15, 0.2) is 0 Å². The zero-order valence-corrected chi connectivity index (χ0v) is 10.9. The third-order valence-corrected chi connectivity index (χ3v) is 2.05. The second-order valence-electron chi connectivity index (χ2n) is 5.06. The van der Waals surface area contributed by atoms with E-state index in [0.29, 0.717) is 0 Å². The molecular weight excluding hydrogens is 214 g/mol. The van der Waals surface area contributed by atoms with E-state index in [1.807, 2.05) is 52.1 Å². The molecule has 1 rings (SSSR count). The van der Waals surface area contributed by atoms with Crippen LogP contribution in [0.2, 0.25) is 0 Å². The molecule has 17 heavy (non-hydrogen) atoms. The number of hydrogen-bond donors (Lipinski definition) is 3. The number of hydrogen-bond acceptors (Lipinski definition) is 2. The number of carbonyl (C=O) groups excluding carboxylic acids is 1. The van der Waals surface area contributed by atoms with Crippen LogP contribution in [0.15, 0.2) is 24.3 Å². The van der Waals surface area contributed by atoms with Crippen molar-refractivity contribution in [2.75, 3.05) is 12.4 Å². The predicted octanol–water partition coefficient (Wildman–Crippen LogP) is 2.33. The number of nitrogens with one attached hydrogen (secondary N) is 3. The molecule has 0 aromatic heterocycles. The van der Waals surface area contributed by atoms with E-state index in [2.05, 4.69) is 16.0 Å². The highest BCUT2D eigenvalue weighted by molar-refractivity contribution is 5.89. The molecule has 2 amide bonds.